The molecule has 1 aliphatic heterocycles. The third kappa shape index (κ3) is 4.98. The lowest BCUT2D eigenvalue weighted by molar-refractivity contribution is -0.137. The Morgan fingerprint density at radius 2 is 1.95 bits per heavy atom. The van der Waals surface area contributed by atoms with Gasteiger partial charge in [-0.3, -0.25) is 4.79 Å². The highest BCUT2D eigenvalue weighted by Crippen LogP contribution is 2.24. The molecule has 2 rings (SSSR count). The van der Waals surface area contributed by atoms with Crippen LogP contribution in [0.1, 0.15) is 37.7 Å². The Hall–Kier alpha value is -1.62. The second-order valence-electron chi connectivity index (χ2n) is 6.07. The summed E-state index contributed by atoms with van der Waals surface area (Å²) >= 11 is 0. The van der Waals surface area contributed by atoms with E-state index in [1.165, 1.54) is 18.9 Å². The van der Waals surface area contributed by atoms with Gasteiger partial charge in [0.1, 0.15) is 5.82 Å². The van der Waals surface area contributed by atoms with Gasteiger partial charge in [0.25, 0.3) is 0 Å². The summed E-state index contributed by atoms with van der Waals surface area (Å²) in [6, 6.07) is 5.23. The number of aliphatic carboxylic acids is 1. The fourth-order valence-corrected chi connectivity index (χ4v) is 2.89. The number of hydrogen-bond acceptors (Lipinski definition) is 3. The Morgan fingerprint density at radius 3 is 2.59 bits per heavy atom. The summed E-state index contributed by atoms with van der Waals surface area (Å²) in [7, 11) is 1.89. The molecule has 1 aromatic rings. The second-order valence-corrected chi connectivity index (χ2v) is 6.07. The van der Waals surface area contributed by atoms with Crippen molar-refractivity contribution in [2.24, 2.45) is 0 Å². The van der Waals surface area contributed by atoms with Crippen LogP contribution in [0.5, 0.6) is 0 Å². The van der Waals surface area contributed by atoms with Crippen molar-refractivity contribution in [3.63, 3.8) is 0 Å². The molecule has 1 aliphatic rings. The number of rotatable bonds is 6. The minimum Gasteiger partial charge on any atom is -0.481 e. The minimum atomic E-state index is -0.795. The average Bonchev–Trinajstić information content (AvgIpc) is 2.76. The number of nitrogens with zero attached hydrogens (tertiary/aromatic N) is 2. The molecule has 1 fully saturated rings. The third-order valence-corrected chi connectivity index (χ3v) is 4.12. The zero-order chi connectivity index (χ0) is 15.9. The van der Waals surface area contributed by atoms with E-state index >= 15 is 0 Å². The van der Waals surface area contributed by atoms with Crippen LogP contribution in [-0.2, 0) is 11.3 Å². The highest BCUT2D eigenvalue weighted by atomic mass is 19.1. The van der Waals surface area contributed by atoms with Gasteiger partial charge in [-0.2, -0.15) is 0 Å². The molecule has 0 spiro atoms. The fraction of sp³-hybridized carbons (Fsp3) is 0.588. The molecule has 1 N–H and O–H groups in total. The van der Waals surface area contributed by atoms with Crippen LogP contribution in [0, 0.1) is 5.82 Å². The first-order valence-corrected chi connectivity index (χ1v) is 8.00. The summed E-state index contributed by atoms with van der Waals surface area (Å²) in [5.41, 5.74) is 1.71. The van der Waals surface area contributed by atoms with Crippen LogP contribution < -0.4 is 4.90 Å². The molecule has 1 saturated heterocycles. The van der Waals surface area contributed by atoms with E-state index in [0.717, 1.165) is 31.5 Å². The van der Waals surface area contributed by atoms with Crippen molar-refractivity contribution < 1.29 is 14.3 Å². The van der Waals surface area contributed by atoms with Crippen molar-refractivity contribution in [2.75, 3.05) is 31.6 Å². The van der Waals surface area contributed by atoms with Crippen LogP contribution in [-0.4, -0.2) is 42.7 Å². The molecule has 122 valence electrons. The lowest BCUT2D eigenvalue weighted by Crippen LogP contribution is -2.25. The maximum absolute atomic E-state index is 14.1. The van der Waals surface area contributed by atoms with E-state index in [9.17, 15) is 9.18 Å². The molecule has 0 saturated carbocycles. The highest BCUT2D eigenvalue weighted by Gasteiger charge is 2.15. The molecule has 5 heteroatoms. The largest absolute Gasteiger partial charge is 0.481 e. The first-order chi connectivity index (χ1) is 10.6. The summed E-state index contributed by atoms with van der Waals surface area (Å²) in [6.45, 7) is 2.95. The Morgan fingerprint density at radius 1 is 1.27 bits per heavy atom. The number of carboxylic acids is 1. The number of carboxylic acid groups (broad SMARTS) is 1. The number of benzene rings is 1. The first kappa shape index (κ1) is 16.7. The lowest BCUT2D eigenvalue weighted by Gasteiger charge is -2.24. The summed E-state index contributed by atoms with van der Waals surface area (Å²) in [6.07, 6.45) is 4.78. The molecule has 4 nitrogen and oxygen atoms in total. The minimum absolute atomic E-state index is 0.122. The van der Waals surface area contributed by atoms with E-state index in [1.54, 1.807) is 6.07 Å². The molecule has 0 amide bonds. The van der Waals surface area contributed by atoms with E-state index in [1.807, 2.05) is 18.0 Å². The van der Waals surface area contributed by atoms with Crippen LogP contribution in [0.4, 0.5) is 10.1 Å². The SMILES string of the molecule is CN(CCC(=O)O)Cc1ccc(F)c(N2CCCCCC2)c1. The molecule has 1 heterocycles. The van der Waals surface area contributed by atoms with Crippen molar-refractivity contribution >= 4 is 11.7 Å². The fourth-order valence-electron chi connectivity index (χ4n) is 2.89. The van der Waals surface area contributed by atoms with Crippen LogP contribution in [0.15, 0.2) is 18.2 Å². The van der Waals surface area contributed by atoms with Gasteiger partial charge in [-0.15, -0.1) is 0 Å². The van der Waals surface area contributed by atoms with Gasteiger partial charge in [-0.1, -0.05) is 18.9 Å². The number of anilines is 1. The Bertz CT molecular complexity index is 499. The van der Waals surface area contributed by atoms with E-state index in [0.29, 0.717) is 18.8 Å². The van der Waals surface area contributed by atoms with Crippen molar-refractivity contribution in [3.8, 4) is 0 Å². The maximum Gasteiger partial charge on any atom is 0.304 e. The highest BCUT2D eigenvalue weighted by molar-refractivity contribution is 5.66. The number of carbonyl (C=O) groups is 1. The summed E-state index contributed by atoms with van der Waals surface area (Å²) in [5, 5.41) is 8.72. The van der Waals surface area contributed by atoms with Gasteiger partial charge < -0.3 is 14.9 Å². The van der Waals surface area contributed by atoms with Crippen LogP contribution in [0.3, 0.4) is 0 Å². The zero-order valence-electron chi connectivity index (χ0n) is 13.2. The topological polar surface area (TPSA) is 43.8 Å². The average molecular weight is 308 g/mol. The molecule has 0 aliphatic carbocycles. The lowest BCUT2D eigenvalue weighted by atomic mass is 10.1. The second kappa shape index (κ2) is 8.13. The number of hydrogen-bond donors (Lipinski definition) is 1. The molecule has 1 aromatic carbocycles. The molecule has 0 atom stereocenters. The maximum atomic E-state index is 14.1. The first-order valence-electron chi connectivity index (χ1n) is 8.00. The van der Waals surface area contributed by atoms with Gasteiger partial charge in [0.15, 0.2) is 0 Å². The van der Waals surface area contributed by atoms with E-state index in [4.69, 9.17) is 5.11 Å². The molecular weight excluding hydrogens is 283 g/mol. The normalized spacial score (nSPS) is 15.9. The predicted octanol–water partition coefficient (Wildman–Crippen LogP) is 3.11. The standard InChI is InChI=1S/C17H25FN2O2/c1-19(11-8-17(21)22)13-14-6-7-15(18)16(12-14)20-9-4-2-3-5-10-20/h6-7,12H,2-5,8-11,13H2,1H3,(H,21,22). The van der Waals surface area contributed by atoms with Gasteiger partial charge >= 0.3 is 5.97 Å². The third-order valence-electron chi connectivity index (χ3n) is 4.12. The van der Waals surface area contributed by atoms with Gasteiger partial charge in [0.05, 0.1) is 12.1 Å². The summed E-state index contributed by atoms with van der Waals surface area (Å²) in [4.78, 5) is 14.7. The molecule has 22 heavy (non-hydrogen) atoms. The van der Waals surface area contributed by atoms with Gasteiger partial charge in [0, 0.05) is 26.2 Å². The van der Waals surface area contributed by atoms with Crippen molar-refractivity contribution in [1.82, 2.24) is 4.90 Å². The van der Waals surface area contributed by atoms with E-state index in [-0.39, 0.29) is 12.2 Å². The Balaban J connectivity index is 2.03. The zero-order valence-corrected chi connectivity index (χ0v) is 13.2. The summed E-state index contributed by atoms with van der Waals surface area (Å²) < 4.78 is 14.1. The smallest absolute Gasteiger partial charge is 0.304 e. The molecule has 0 radical (unpaired) electrons. The van der Waals surface area contributed by atoms with Crippen molar-refractivity contribution in [2.45, 2.75) is 38.6 Å². The predicted molar refractivity (Wildman–Crippen MR) is 85.7 cm³/mol. The van der Waals surface area contributed by atoms with Gasteiger partial charge in [-0.25, -0.2) is 4.39 Å². The quantitative estimate of drug-likeness (QED) is 0.877. The van der Waals surface area contributed by atoms with Gasteiger partial charge in [-0.05, 0) is 37.6 Å². The monoisotopic (exact) mass is 308 g/mol. The van der Waals surface area contributed by atoms with E-state index < -0.39 is 5.97 Å². The Labute approximate surface area is 131 Å². The number of halogens is 1. The van der Waals surface area contributed by atoms with Crippen LogP contribution in [0.2, 0.25) is 0 Å². The van der Waals surface area contributed by atoms with Gasteiger partial charge in [0.2, 0.25) is 0 Å². The molecule has 0 aromatic heterocycles. The molecule has 0 unspecified atom stereocenters. The Kier molecular flexibility index (Phi) is 6.19. The van der Waals surface area contributed by atoms with E-state index in [2.05, 4.69) is 4.90 Å². The van der Waals surface area contributed by atoms with Crippen LogP contribution in [0.25, 0.3) is 0 Å². The van der Waals surface area contributed by atoms with Crippen molar-refractivity contribution in [3.05, 3.63) is 29.6 Å². The van der Waals surface area contributed by atoms with Crippen LogP contribution >= 0.6 is 0 Å². The molecular formula is C17H25FN2O2. The summed E-state index contributed by atoms with van der Waals surface area (Å²) in [5.74, 6) is -0.963. The van der Waals surface area contributed by atoms with Crippen molar-refractivity contribution in [1.29, 1.82) is 0 Å². The molecule has 0 bridgehead atoms.